The first kappa shape index (κ1) is 16.9. The summed E-state index contributed by atoms with van der Waals surface area (Å²) >= 11 is 0. The van der Waals surface area contributed by atoms with Crippen LogP contribution in [0.3, 0.4) is 0 Å². The third kappa shape index (κ3) is 3.24. The molecule has 2 heterocycles. The lowest BCUT2D eigenvalue weighted by Gasteiger charge is -2.55. The number of nitrogens with zero attached hydrogens (tertiary/aromatic N) is 1. The minimum atomic E-state index is 0.592. The van der Waals surface area contributed by atoms with Gasteiger partial charge in [0.05, 0.1) is 11.4 Å². The highest BCUT2D eigenvalue weighted by atomic mass is 15.2. The summed E-state index contributed by atoms with van der Waals surface area (Å²) in [5, 5.41) is 3.79. The summed E-state index contributed by atoms with van der Waals surface area (Å²) in [6.07, 6.45) is 15.9. The van der Waals surface area contributed by atoms with Crippen LogP contribution < -0.4 is 11.1 Å². The van der Waals surface area contributed by atoms with Gasteiger partial charge in [-0.2, -0.15) is 0 Å². The minimum absolute atomic E-state index is 0.592. The van der Waals surface area contributed by atoms with Gasteiger partial charge in [0.25, 0.3) is 0 Å². The molecular weight excluding hydrogens is 318 g/mol. The zero-order chi connectivity index (χ0) is 17.5. The number of piperidine rings is 2. The van der Waals surface area contributed by atoms with Crippen LogP contribution in [0.1, 0.15) is 70.6 Å². The summed E-state index contributed by atoms with van der Waals surface area (Å²) in [4.78, 5) is 3.03. The molecular formula is C23H35N3. The van der Waals surface area contributed by atoms with Crippen LogP contribution >= 0.6 is 0 Å². The van der Waals surface area contributed by atoms with Gasteiger partial charge in [0, 0.05) is 24.2 Å². The maximum Gasteiger partial charge on any atom is 0.0576 e. The quantitative estimate of drug-likeness (QED) is 0.748. The highest BCUT2D eigenvalue weighted by Crippen LogP contribution is 2.46. The SMILES string of the molecule is Nc1ccccc1NC1CC2CCC[C@@H](C1)N2C1CC2CCC[C@@H](C2)C1. The number of hydrogen-bond acceptors (Lipinski definition) is 3. The maximum atomic E-state index is 6.18. The van der Waals surface area contributed by atoms with Crippen molar-refractivity contribution < 1.29 is 0 Å². The van der Waals surface area contributed by atoms with Crippen LogP contribution in [-0.2, 0) is 0 Å². The number of para-hydroxylation sites is 2. The summed E-state index contributed by atoms with van der Waals surface area (Å²) in [6, 6.07) is 11.3. The fourth-order valence-electron chi connectivity index (χ4n) is 6.92. The van der Waals surface area contributed by atoms with E-state index >= 15 is 0 Å². The van der Waals surface area contributed by atoms with Gasteiger partial charge in [-0.25, -0.2) is 0 Å². The number of anilines is 2. The Hall–Kier alpha value is -1.22. The summed E-state index contributed by atoms with van der Waals surface area (Å²) < 4.78 is 0. The molecule has 142 valence electrons. The third-order valence-electron chi connectivity index (χ3n) is 7.88. The number of hydrogen-bond donors (Lipinski definition) is 2. The largest absolute Gasteiger partial charge is 0.397 e. The molecule has 0 spiro atoms. The van der Waals surface area contributed by atoms with E-state index in [2.05, 4.69) is 22.3 Å². The van der Waals surface area contributed by atoms with Gasteiger partial charge in [0.1, 0.15) is 0 Å². The highest BCUT2D eigenvalue weighted by molar-refractivity contribution is 5.66. The van der Waals surface area contributed by atoms with Crippen molar-refractivity contribution in [1.29, 1.82) is 0 Å². The topological polar surface area (TPSA) is 41.3 Å². The third-order valence-corrected chi connectivity index (χ3v) is 7.88. The van der Waals surface area contributed by atoms with Crippen molar-refractivity contribution in [1.82, 2.24) is 4.90 Å². The molecule has 1 aromatic rings. The van der Waals surface area contributed by atoms with Crippen molar-refractivity contribution >= 4 is 11.4 Å². The van der Waals surface area contributed by atoms with E-state index in [1.54, 1.807) is 0 Å². The predicted molar refractivity (Wildman–Crippen MR) is 109 cm³/mol. The first-order valence-corrected chi connectivity index (χ1v) is 11.1. The second-order valence-electron chi connectivity index (χ2n) is 9.61. The number of nitrogen functional groups attached to an aromatic ring is 1. The Labute approximate surface area is 158 Å². The molecule has 5 rings (SSSR count). The van der Waals surface area contributed by atoms with Crippen LogP contribution in [0, 0.1) is 11.8 Å². The van der Waals surface area contributed by atoms with E-state index in [-0.39, 0.29) is 0 Å². The van der Waals surface area contributed by atoms with Crippen molar-refractivity contribution in [2.45, 2.75) is 94.8 Å². The molecule has 0 aromatic heterocycles. The molecule has 0 amide bonds. The van der Waals surface area contributed by atoms with E-state index in [0.717, 1.165) is 41.3 Å². The van der Waals surface area contributed by atoms with E-state index in [9.17, 15) is 0 Å². The Balaban J connectivity index is 1.29. The molecule has 2 aliphatic carbocycles. The Morgan fingerprint density at radius 2 is 1.42 bits per heavy atom. The normalized spacial score (nSPS) is 40.2. The molecule has 26 heavy (non-hydrogen) atoms. The molecule has 2 aliphatic heterocycles. The van der Waals surface area contributed by atoms with E-state index in [0.29, 0.717) is 6.04 Å². The van der Waals surface area contributed by atoms with E-state index in [4.69, 9.17) is 5.73 Å². The van der Waals surface area contributed by atoms with E-state index < -0.39 is 0 Å². The molecule has 2 saturated heterocycles. The Morgan fingerprint density at radius 1 is 0.769 bits per heavy atom. The first-order chi connectivity index (χ1) is 12.8. The van der Waals surface area contributed by atoms with Crippen LogP contribution in [-0.4, -0.2) is 29.1 Å². The number of benzene rings is 1. The maximum absolute atomic E-state index is 6.18. The van der Waals surface area contributed by atoms with Gasteiger partial charge in [-0.1, -0.05) is 37.8 Å². The lowest BCUT2D eigenvalue weighted by atomic mass is 9.68. The molecule has 2 saturated carbocycles. The summed E-state index contributed by atoms with van der Waals surface area (Å²) in [7, 11) is 0. The number of rotatable bonds is 3. The lowest BCUT2D eigenvalue weighted by molar-refractivity contribution is -0.0382. The minimum Gasteiger partial charge on any atom is -0.397 e. The van der Waals surface area contributed by atoms with Crippen molar-refractivity contribution in [3.63, 3.8) is 0 Å². The molecule has 4 aliphatic rings. The Bertz CT molecular complexity index is 604. The Kier molecular flexibility index (Phi) is 4.60. The lowest BCUT2D eigenvalue weighted by Crippen LogP contribution is -2.60. The highest BCUT2D eigenvalue weighted by Gasteiger charge is 2.44. The molecule has 6 atom stereocenters. The molecule has 0 radical (unpaired) electrons. The van der Waals surface area contributed by atoms with E-state index in [1.807, 2.05) is 12.1 Å². The van der Waals surface area contributed by atoms with Gasteiger partial charge in [-0.05, 0) is 68.9 Å². The van der Waals surface area contributed by atoms with Crippen molar-refractivity contribution in [3.8, 4) is 0 Å². The van der Waals surface area contributed by atoms with Crippen LogP contribution in [0.5, 0.6) is 0 Å². The molecule has 4 unspecified atom stereocenters. The van der Waals surface area contributed by atoms with Crippen molar-refractivity contribution in [3.05, 3.63) is 24.3 Å². The Morgan fingerprint density at radius 3 is 2.12 bits per heavy atom. The average Bonchev–Trinajstić information content (AvgIpc) is 2.62. The average molecular weight is 354 g/mol. The number of nitrogens with two attached hydrogens (primary N) is 1. The fourth-order valence-corrected chi connectivity index (χ4v) is 6.92. The standard InChI is InChI=1S/C23H35N3/c24-22-9-1-2-10-23(22)25-18-14-19-7-4-8-20(15-18)26(19)21-12-16-5-3-6-17(11-16)13-21/h1-2,9-10,16-21,25H,3-8,11-15,24H2/t16-,17?,18?,19-,20?,21?/m0/s1. The molecule has 1 aromatic carbocycles. The molecule has 4 fully saturated rings. The van der Waals surface area contributed by atoms with Gasteiger partial charge < -0.3 is 11.1 Å². The molecule has 3 nitrogen and oxygen atoms in total. The first-order valence-electron chi connectivity index (χ1n) is 11.1. The van der Waals surface area contributed by atoms with Crippen LogP contribution in [0.25, 0.3) is 0 Å². The van der Waals surface area contributed by atoms with Gasteiger partial charge in [-0.3, -0.25) is 4.90 Å². The molecule has 4 bridgehead atoms. The van der Waals surface area contributed by atoms with Crippen molar-refractivity contribution in [2.24, 2.45) is 11.8 Å². The monoisotopic (exact) mass is 353 g/mol. The molecule has 3 N–H and O–H groups in total. The number of fused-ring (bicyclic) bond motifs is 4. The molecule has 3 heteroatoms. The van der Waals surface area contributed by atoms with Crippen LogP contribution in [0.2, 0.25) is 0 Å². The van der Waals surface area contributed by atoms with Gasteiger partial charge in [0.2, 0.25) is 0 Å². The second kappa shape index (κ2) is 7.07. The van der Waals surface area contributed by atoms with Crippen LogP contribution in [0.4, 0.5) is 11.4 Å². The fraction of sp³-hybridized carbons (Fsp3) is 0.739. The second-order valence-corrected chi connectivity index (χ2v) is 9.61. The smallest absolute Gasteiger partial charge is 0.0576 e. The van der Waals surface area contributed by atoms with E-state index in [1.165, 1.54) is 70.6 Å². The zero-order valence-corrected chi connectivity index (χ0v) is 16.1. The van der Waals surface area contributed by atoms with Crippen molar-refractivity contribution in [2.75, 3.05) is 11.1 Å². The number of nitrogens with one attached hydrogen (secondary N) is 1. The van der Waals surface area contributed by atoms with Gasteiger partial charge >= 0.3 is 0 Å². The predicted octanol–water partition coefficient (Wildman–Crippen LogP) is 5.04. The summed E-state index contributed by atoms with van der Waals surface area (Å²) in [6.45, 7) is 0. The zero-order valence-electron chi connectivity index (χ0n) is 16.1. The summed E-state index contributed by atoms with van der Waals surface area (Å²) in [5.41, 5.74) is 8.20. The summed E-state index contributed by atoms with van der Waals surface area (Å²) in [5.74, 6) is 2.07. The van der Waals surface area contributed by atoms with Gasteiger partial charge in [0.15, 0.2) is 0 Å². The van der Waals surface area contributed by atoms with Gasteiger partial charge in [-0.15, -0.1) is 0 Å². The van der Waals surface area contributed by atoms with Crippen LogP contribution in [0.15, 0.2) is 24.3 Å².